The number of hydrazine groups is 2. The fourth-order valence-electron chi connectivity index (χ4n) is 3.71. The molecular weight excluding hydrogens is 592 g/mol. The number of hydrogen-bond acceptors (Lipinski definition) is 6. The maximum Gasteiger partial charge on any atom is 0.416 e. The molecular formula is C26H21Cl2F3N4O6. The fourth-order valence-corrected chi connectivity index (χ4v) is 4.17. The molecule has 216 valence electrons. The lowest BCUT2D eigenvalue weighted by atomic mass is 9.95. The Labute approximate surface area is 241 Å². The van der Waals surface area contributed by atoms with Crippen LogP contribution in [-0.2, 0) is 22.4 Å². The van der Waals surface area contributed by atoms with Gasteiger partial charge in [0.15, 0.2) is 5.03 Å². The first-order chi connectivity index (χ1) is 19.2. The molecule has 0 atom stereocenters. The van der Waals surface area contributed by atoms with Crippen molar-refractivity contribution < 1.29 is 37.4 Å². The van der Waals surface area contributed by atoms with Crippen molar-refractivity contribution in [3.05, 3.63) is 97.5 Å². The number of carbonyl (C=O) groups excluding carboxylic acids is 2. The molecule has 0 saturated carbocycles. The SMILES string of the molecule is CC1(C)CON(Cc2ccc(N(NC(=O)c3cccc(Oc4ccc(C(F)(F)F)cc4Cl)c3)[N+](=O)[O-])cc2Cl)C1=O. The molecule has 0 radical (unpaired) electrons. The summed E-state index contributed by atoms with van der Waals surface area (Å²) < 4.78 is 44.2. The molecule has 1 saturated heterocycles. The van der Waals surface area contributed by atoms with E-state index in [-0.39, 0.29) is 51.9 Å². The fraction of sp³-hybridized carbons (Fsp3) is 0.231. The number of hydrogen-bond donors (Lipinski definition) is 1. The molecule has 4 rings (SSSR count). The molecule has 41 heavy (non-hydrogen) atoms. The van der Waals surface area contributed by atoms with Crippen molar-refractivity contribution >= 4 is 40.7 Å². The Morgan fingerprint density at radius 2 is 1.88 bits per heavy atom. The van der Waals surface area contributed by atoms with Crippen molar-refractivity contribution in [2.45, 2.75) is 26.6 Å². The van der Waals surface area contributed by atoms with Crippen molar-refractivity contribution in [1.29, 1.82) is 0 Å². The average molecular weight is 613 g/mol. The van der Waals surface area contributed by atoms with E-state index in [1.807, 2.05) is 0 Å². The number of hydroxylamine groups is 2. The zero-order valence-electron chi connectivity index (χ0n) is 21.4. The molecule has 3 aromatic carbocycles. The first kappa shape index (κ1) is 29.9. The minimum Gasteiger partial charge on any atom is -0.456 e. The van der Waals surface area contributed by atoms with Crippen LogP contribution in [0, 0.1) is 15.5 Å². The maximum absolute atomic E-state index is 12.9. The molecule has 0 spiro atoms. The minimum absolute atomic E-state index is 0.0158. The van der Waals surface area contributed by atoms with Gasteiger partial charge in [-0.2, -0.15) is 13.2 Å². The van der Waals surface area contributed by atoms with Gasteiger partial charge in [-0.15, -0.1) is 0 Å². The number of nitrogens with one attached hydrogen (secondary N) is 1. The predicted octanol–water partition coefficient (Wildman–Crippen LogP) is 6.45. The summed E-state index contributed by atoms with van der Waals surface area (Å²) in [7, 11) is 0. The summed E-state index contributed by atoms with van der Waals surface area (Å²) in [6.45, 7) is 3.70. The highest BCUT2D eigenvalue weighted by molar-refractivity contribution is 6.32. The topological polar surface area (TPSA) is 114 Å². The van der Waals surface area contributed by atoms with Crippen LogP contribution in [0.2, 0.25) is 10.0 Å². The summed E-state index contributed by atoms with van der Waals surface area (Å²) in [6, 6.07) is 12.0. The van der Waals surface area contributed by atoms with E-state index in [9.17, 15) is 32.9 Å². The molecule has 2 amide bonds. The van der Waals surface area contributed by atoms with Gasteiger partial charge in [-0.3, -0.25) is 14.4 Å². The Morgan fingerprint density at radius 3 is 2.46 bits per heavy atom. The highest BCUT2D eigenvalue weighted by Crippen LogP contribution is 2.36. The summed E-state index contributed by atoms with van der Waals surface area (Å²) >= 11 is 12.3. The first-order valence-corrected chi connectivity index (χ1v) is 12.5. The Hall–Kier alpha value is -4.07. The van der Waals surface area contributed by atoms with Crippen LogP contribution in [0.4, 0.5) is 18.9 Å². The maximum atomic E-state index is 12.9. The summed E-state index contributed by atoms with van der Waals surface area (Å²) in [5, 5.41) is 12.2. The van der Waals surface area contributed by atoms with Gasteiger partial charge >= 0.3 is 6.18 Å². The number of anilines is 1. The molecule has 10 nitrogen and oxygen atoms in total. The van der Waals surface area contributed by atoms with E-state index in [0.29, 0.717) is 16.7 Å². The van der Waals surface area contributed by atoms with Crippen LogP contribution in [0.15, 0.2) is 60.7 Å². The smallest absolute Gasteiger partial charge is 0.416 e. The largest absolute Gasteiger partial charge is 0.456 e. The third-order valence-corrected chi connectivity index (χ3v) is 6.58. The van der Waals surface area contributed by atoms with Gasteiger partial charge in [0.05, 0.1) is 29.2 Å². The monoisotopic (exact) mass is 612 g/mol. The van der Waals surface area contributed by atoms with Crippen molar-refractivity contribution in [1.82, 2.24) is 10.5 Å². The van der Waals surface area contributed by atoms with E-state index >= 15 is 0 Å². The van der Waals surface area contributed by atoms with Crippen LogP contribution in [0.25, 0.3) is 0 Å². The van der Waals surface area contributed by atoms with E-state index in [4.69, 9.17) is 32.8 Å². The van der Waals surface area contributed by atoms with E-state index in [1.54, 1.807) is 13.8 Å². The standard InChI is InChI=1S/C26H21Cl2F3N4O6/c1-25(2)14-40-33(24(25)37)13-16-6-8-18(12-20(16)27)34(35(38)39)32-23(36)15-4-3-5-19(10-15)41-22-9-7-17(11-21(22)28)26(29,30)31/h3-12H,13-14H2,1-2H3,(H,32,36). The summed E-state index contributed by atoms with van der Waals surface area (Å²) in [5.41, 5.74) is 0.815. The molecule has 1 aliphatic rings. The van der Waals surface area contributed by atoms with Gasteiger partial charge in [-0.25, -0.2) is 20.6 Å². The van der Waals surface area contributed by atoms with Crippen molar-refractivity contribution in [3.63, 3.8) is 0 Å². The van der Waals surface area contributed by atoms with Crippen LogP contribution < -0.4 is 15.3 Å². The van der Waals surface area contributed by atoms with E-state index in [1.165, 1.54) is 47.5 Å². The van der Waals surface area contributed by atoms with Crippen LogP contribution in [-0.4, -0.2) is 28.5 Å². The molecule has 0 aromatic heterocycles. The zero-order valence-corrected chi connectivity index (χ0v) is 22.9. The van der Waals surface area contributed by atoms with Crippen molar-refractivity contribution in [3.8, 4) is 11.5 Å². The second kappa shape index (κ2) is 11.4. The number of alkyl halides is 3. The lowest BCUT2D eigenvalue weighted by molar-refractivity contribution is -0.501. The third-order valence-electron chi connectivity index (χ3n) is 5.94. The molecule has 1 fully saturated rings. The molecule has 15 heteroatoms. The second-order valence-electron chi connectivity index (χ2n) is 9.54. The number of amides is 2. The lowest BCUT2D eigenvalue weighted by Gasteiger charge is -2.19. The van der Waals surface area contributed by atoms with Gasteiger partial charge in [0.25, 0.3) is 11.8 Å². The van der Waals surface area contributed by atoms with Crippen LogP contribution in [0.5, 0.6) is 11.5 Å². The van der Waals surface area contributed by atoms with Crippen molar-refractivity contribution in [2.75, 3.05) is 11.7 Å². The number of benzene rings is 3. The summed E-state index contributed by atoms with van der Waals surface area (Å²) in [4.78, 5) is 42.5. The quantitative estimate of drug-likeness (QED) is 0.230. The van der Waals surface area contributed by atoms with E-state index in [0.717, 1.165) is 12.1 Å². The van der Waals surface area contributed by atoms with E-state index < -0.39 is 28.1 Å². The molecule has 1 heterocycles. The molecule has 1 aliphatic heterocycles. The van der Waals surface area contributed by atoms with Gasteiger partial charge in [0.2, 0.25) is 0 Å². The van der Waals surface area contributed by atoms with Crippen LogP contribution >= 0.6 is 23.2 Å². The highest BCUT2D eigenvalue weighted by Gasteiger charge is 2.40. The van der Waals surface area contributed by atoms with Crippen molar-refractivity contribution in [2.24, 2.45) is 5.41 Å². The Morgan fingerprint density at radius 1 is 1.15 bits per heavy atom. The average Bonchev–Trinajstić information content (AvgIpc) is 3.15. The van der Waals surface area contributed by atoms with Crippen LogP contribution in [0.1, 0.15) is 35.3 Å². The third kappa shape index (κ3) is 6.81. The first-order valence-electron chi connectivity index (χ1n) is 11.8. The number of nitro groups is 1. The Bertz CT molecular complexity index is 1520. The minimum atomic E-state index is -4.59. The number of ether oxygens (including phenoxy) is 1. The number of rotatable bonds is 8. The Balaban J connectivity index is 1.48. The van der Waals surface area contributed by atoms with Gasteiger partial charge in [-0.05, 0) is 67.9 Å². The van der Waals surface area contributed by atoms with Gasteiger partial charge in [-0.1, -0.05) is 35.3 Å². The Kier molecular flexibility index (Phi) is 8.34. The van der Waals surface area contributed by atoms with Gasteiger partial charge < -0.3 is 4.74 Å². The second-order valence-corrected chi connectivity index (χ2v) is 10.4. The number of carbonyl (C=O) groups is 2. The van der Waals surface area contributed by atoms with Crippen LogP contribution in [0.3, 0.4) is 0 Å². The van der Waals surface area contributed by atoms with Gasteiger partial charge in [0.1, 0.15) is 17.2 Å². The van der Waals surface area contributed by atoms with E-state index in [2.05, 4.69) is 5.43 Å². The molecule has 3 aromatic rings. The molecule has 1 N–H and O–H groups in total. The summed E-state index contributed by atoms with van der Waals surface area (Å²) in [6.07, 6.45) is -4.59. The normalized spacial score (nSPS) is 14.6. The highest BCUT2D eigenvalue weighted by atomic mass is 35.5. The number of halogens is 5. The zero-order chi connectivity index (χ0) is 30.1. The molecule has 0 bridgehead atoms. The molecule has 0 aliphatic carbocycles. The lowest BCUT2D eigenvalue weighted by Crippen LogP contribution is -2.46. The summed E-state index contributed by atoms with van der Waals surface area (Å²) in [5.74, 6) is -1.18. The predicted molar refractivity (Wildman–Crippen MR) is 142 cm³/mol. The number of nitrogens with zero attached hydrogens (tertiary/aromatic N) is 3. The molecule has 0 unspecified atom stereocenters. The van der Waals surface area contributed by atoms with Gasteiger partial charge in [0, 0.05) is 15.7 Å².